The Bertz CT molecular complexity index is 242. The summed E-state index contributed by atoms with van der Waals surface area (Å²) < 4.78 is 0. The second-order valence-electron chi connectivity index (χ2n) is 2.43. The Morgan fingerprint density at radius 3 is 2.25 bits per heavy atom. The number of hydrogen-bond donors (Lipinski definition) is 2. The molecule has 0 aromatic carbocycles. The predicted molar refractivity (Wildman–Crippen MR) is 53.5 cm³/mol. The van der Waals surface area contributed by atoms with E-state index in [-0.39, 0.29) is 5.96 Å². The van der Waals surface area contributed by atoms with E-state index < -0.39 is 0 Å². The van der Waals surface area contributed by atoms with Crippen molar-refractivity contribution in [1.29, 1.82) is 0 Å². The van der Waals surface area contributed by atoms with Gasteiger partial charge in [-0.25, -0.2) is 4.99 Å². The topological polar surface area (TPSA) is 64.4 Å². The van der Waals surface area contributed by atoms with Gasteiger partial charge in [-0.2, -0.15) is 0 Å². The zero-order valence-electron chi connectivity index (χ0n) is 7.54. The second kappa shape index (κ2) is 5.18. The average Bonchev–Trinajstić information content (AvgIpc) is 1.97. The van der Waals surface area contributed by atoms with E-state index in [1.807, 2.05) is 32.1 Å². The first-order valence-electron chi connectivity index (χ1n) is 3.65. The largest absolute Gasteiger partial charge is 0.370 e. The van der Waals surface area contributed by atoms with Crippen molar-refractivity contribution < 1.29 is 0 Å². The van der Waals surface area contributed by atoms with Gasteiger partial charge in [0.05, 0.1) is 5.70 Å². The summed E-state index contributed by atoms with van der Waals surface area (Å²) in [5.74, 6) is 0.0643. The Morgan fingerprint density at radius 1 is 1.33 bits per heavy atom. The van der Waals surface area contributed by atoms with Crippen LogP contribution in [0.4, 0.5) is 0 Å². The van der Waals surface area contributed by atoms with Crippen LogP contribution in [0.1, 0.15) is 13.8 Å². The smallest absolute Gasteiger partial charge is 0.191 e. The van der Waals surface area contributed by atoms with Gasteiger partial charge in [-0.05, 0) is 19.9 Å². The minimum absolute atomic E-state index is 0.0643. The average molecular weight is 165 g/mol. The molecule has 0 spiro atoms. The lowest BCUT2D eigenvalue weighted by Gasteiger charge is -1.93. The Labute approximate surface area is 73.2 Å². The minimum atomic E-state index is 0.0643. The normalized spacial score (nSPS) is 11.7. The number of hydrogen-bond acceptors (Lipinski definition) is 1. The first kappa shape index (κ1) is 10.5. The fourth-order valence-corrected chi connectivity index (χ4v) is 0.575. The number of nitrogens with two attached hydrogens (primary N) is 2. The highest BCUT2D eigenvalue weighted by Gasteiger charge is 1.86. The summed E-state index contributed by atoms with van der Waals surface area (Å²) in [6, 6.07) is 0. The van der Waals surface area contributed by atoms with E-state index in [4.69, 9.17) is 11.5 Å². The van der Waals surface area contributed by atoms with Crippen molar-refractivity contribution in [2.45, 2.75) is 13.8 Å². The Morgan fingerprint density at radius 2 is 1.92 bits per heavy atom. The lowest BCUT2D eigenvalue weighted by Crippen LogP contribution is -2.22. The van der Waals surface area contributed by atoms with E-state index in [0.29, 0.717) is 0 Å². The van der Waals surface area contributed by atoms with Crippen molar-refractivity contribution in [3.05, 3.63) is 36.1 Å². The summed E-state index contributed by atoms with van der Waals surface area (Å²) >= 11 is 0. The molecule has 0 atom stereocenters. The summed E-state index contributed by atoms with van der Waals surface area (Å²) in [7, 11) is 0. The lowest BCUT2D eigenvalue weighted by molar-refractivity contribution is 1.32. The van der Waals surface area contributed by atoms with Crippen molar-refractivity contribution in [2.24, 2.45) is 16.5 Å². The summed E-state index contributed by atoms with van der Waals surface area (Å²) in [5.41, 5.74) is 12.1. The van der Waals surface area contributed by atoms with Gasteiger partial charge in [-0.3, -0.25) is 0 Å². The van der Waals surface area contributed by atoms with Crippen molar-refractivity contribution in [2.75, 3.05) is 0 Å². The lowest BCUT2D eigenvalue weighted by atomic mass is 10.3. The summed E-state index contributed by atoms with van der Waals surface area (Å²) in [5, 5.41) is 0. The van der Waals surface area contributed by atoms with E-state index in [2.05, 4.69) is 11.6 Å². The molecule has 0 aliphatic rings. The van der Waals surface area contributed by atoms with E-state index in [1.165, 1.54) is 0 Å². The zero-order valence-corrected chi connectivity index (χ0v) is 7.54. The Balaban J connectivity index is 4.41. The van der Waals surface area contributed by atoms with Crippen LogP contribution in [0.15, 0.2) is 41.1 Å². The van der Waals surface area contributed by atoms with Crippen LogP contribution in [0, 0.1) is 0 Å². The van der Waals surface area contributed by atoms with Crippen LogP contribution in [-0.4, -0.2) is 5.96 Å². The van der Waals surface area contributed by atoms with Crippen LogP contribution < -0.4 is 11.5 Å². The molecule has 3 heteroatoms. The maximum Gasteiger partial charge on any atom is 0.191 e. The molecular weight excluding hydrogens is 150 g/mol. The van der Waals surface area contributed by atoms with Crippen molar-refractivity contribution in [3.8, 4) is 0 Å². The van der Waals surface area contributed by atoms with Crippen molar-refractivity contribution in [3.63, 3.8) is 0 Å². The molecule has 0 aromatic rings. The number of nitrogens with zero attached hydrogens (tertiary/aromatic N) is 1. The van der Waals surface area contributed by atoms with Crippen molar-refractivity contribution in [1.82, 2.24) is 0 Å². The molecule has 0 rings (SSSR count). The number of allylic oxidation sites excluding steroid dienone is 4. The third-order valence-electron chi connectivity index (χ3n) is 1.09. The van der Waals surface area contributed by atoms with Crippen molar-refractivity contribution >= 4 is 5.96 Å². The molecule has 0 unspecified atom stereocenters. The van der Waals surface area contributed by atoms with Gasteiger partial charge in [0.25, 0.3) is 0 Å². The highest BCUT2D eigenvalue weighted by molar-refractivity contribution is 5.77. The first-order valence-corrected chi connectivity index (χ1v) is 3.65. The molecule has 0 aliphatic heterocycles. The predicted octanol–water partition coefficient (Wildman–Crippen LogP) is 1.30. The second-order valence-corrected chi connectivity index (χ2v) is 2.43. The van der Waals surface area contributed by atoms with Gasteiger partial charge in [0.15, 0.2) is 5.96 Å². The minimum Gasteiger partial charge on any atom is -0.370 e. The highest BCUT2D eigenvalue weighted by Crippen LogP contribution is 2.00. The van der Waals surface area contributed by atoms with E-state index in [1.54, 1.807) is 0 Å². The Hall–Kier alpha value is -1.51. The maximum absolute atomic E-state index is 5.21. The van der Waals surface area contributed by atoms with Gasteiger partial charge >= 0.3 is 0 Å². The van der Waals surface area contributed by atoms with Gasteiger partial charge in [-0.15, -0.1) is 0 Å². The van der Waals surface area contributed by atoms with Gasteiger partial charge in [0, 0.05) is 0 Å². The van der Waals surface area contributed by atoms with E-state index >= 15 is 0 Å². The molecular formula is C9H15N3. The molecule has 0 heterocycles. The van der Waals surface area contributed by atoms with Crippen LogP contribution in [0.3, 0.4) is 0 Å². The SMILES string of the molecule is C=C(C)/C=C\C(=C/C)N=C(N)N. The molecule has 12 heavy (non-hydrogen) atoms. The monoisotopic (exact) mass is 165 g/mol. The fraction of sp³-hybridized carbons (Fsp3) is 0.222. The molecule has 0 amide bonds. The number of guanidine groups is 1. The highest BCUT2D eigenvalue weighted by atomic mass is 15.0. The van der Waals surface area contributed by atoms with Crippen LogP contribution in [-0.2, 0) is 0 Å². The van der Waals surface area contributed by atoms with Crippen LogP contribution in [0.2, 0.25) is 0 Å². The van der Waals surface area contributed by atoms with E-state index in [0.717, 1.165) is 11.3 Å². The molecule has 0 saturated carbocycles. The molecule has 0 aliphatic carbocycles. The number of aliphatic imine (C=N–C) groups is 1. The molecule has 66 valence electrons. The molecule has 0 fully saturated rings. The summed E-state index contributed by atoms with van der Waals surface area (Å²) in [6.45, 7) is 7.48. The van der Waals surface area contributed by atoms with Crippen LogP contribution in [0.25, 0.3) is 0 Å². The third kappa shape index (κ3) is 5.29. The molecule has 4 N–H and O–H groups in total. The van der Waals surface area contributed by atoms with Gasteiger partial charge in [0.1, 0.15) is 0 Å². The quantitative estimate of drug-likeness (QED) is 0.376. The summed E-state index contributed by atoms with van der Waals surface area (Å²) in [4.78, 5) is 3.87. The number of rotatable bonds is 3. The maximum atomic E-state index is 5.21. The molecule has 0 radical (unpaired) electrons. The molecule has 0 aromatic heterocycles. The van der Waals surface area contributed by atoms with Gasteiger partial charge in [-0.1, -0.05) is 24.3 Å². The van der Waals surface area contributed by atoms with E-state index in [9.17, 15) is 0 Å². The third-order valence-corrected chi connectivity index (χ3v) is 1.09. The fourth-order valence-electron chi connectivity index (χ4n) is 0.575. The summed E-state index contributed by atoms with van der Waals surface area (Å²) in [6.07, 6.45) is 5.48. The van der Waals surface area contributed by atoms with Gasteiger partial charge < -0.3 is 11.5 Å². The zero-order chi connectivity index (χ0) is 9.56. The van der Waals surface area contributed by atoms with Gasteiger partial charge in [0.2, 0.25) is 0 Å². The molecule has 0 saturated heterocycles. The molecule has 0 bridgehead atoms. The van der Waals surface area contributed by atoms with Crippen LogP contribution in [0.5, 0.6) is 0 Å². The Kier molecular flexibility index (Phi) is 4.53. The first-order chi connectivity index (χ1) is 5.56. The molecule has 3 nitrogen and oxygen atoms in total. The standard InChI is InChI=1S/C9H15N3/c1-4-8(12-9(10)11)6-5-7(2)3/h4-6H,2H2,1,3H3,(H4,10,11,12)/b6-5-,8-4+. The van der Waals surface area contributed by atoms with Crippen LogP contribution >= 0.6 is 0 Å².